The lowest BCUT2D eigenvalue weighted by atomic mass is 10.1. The minimum Gasteiger partial charge on any atom is -0.309 e. The highest BCUT2D eigenvalue weighted by molar-refractivity contribution is 6.19. The summed E-state index contributed by atoms with van der Waals surface area (Å²) in [4.78, 5) is 0. The first-order valence-corrected chi connectivity index (χ1v) is 16.6. The Morgan fingerprint density at radius 3 is 1.56 bits per heavy atom. The van der Waals surface area contributed by atoms with Crippen molar-refractivity contribution in [3.8, 4) is 11.4 Å². The summed E-state index contributed by atoms with van der Waals surface area (Å²) in [5, 5.41) is 10.1. The SMILES string of the molecule is Cc1cccc(-n2c3ccc(-n4c5ccccc5c5ccccc54)cc3c3cc4cc5c6ccccc6c6ccccc6n5c4cc32)c1. The maximum absolute atomic E-state index is 2.47. The van der Waals surface area contributed by atoms with E-state index in [1.54, 1.807) is 0 Å². The van der Waals surface area contributed by atoms with Crippen molar-refractivity contribution in [1.29, 1.82) is 0 Å². The fraction of sp³-hybridized carbons (Fsp3) is 0.0222. The maximum Gasteiger partial charge on any atom is 0.0562 e. The number of aryl methyl sites for hydroxylation is 1. The molecule has 0 fully saturated rings. The van der Waals surface area contributed by atoms with Crippen molar-refractivity contribution >= 4 is 81.7 Å². The molecule has 3 nitrogen and oxygen atoms in total. The highest BCUT2D eigenvalue weighted by Gasteiger charge is 2.19. The van der Waals surface area contributed by atoms with Crippen molar-refractivity contribution < 1.29 is 0 Å². The molecule has 11 rings (SSSR count). The van der Waals surface area contributed by atoms with E-state index in [0.717, 1.165) is 0 Å². The molecule has 7 aromatic carbocycles. The molecular formula is C45H29N3. The van der Waals surface area contributed by atoms with Gasteiger partial charge in [0.1, 0.15) is 0 Å². The lowest BCUT2D eigenvalue weighted by molar-refractivity contribution is 1.16. The van der Waals surface area contributed by atoms with Crippen molar-refractivity contribution in [2.24, 2.45) is 0 Å². The van der Waals surface area contributed by atoms with E-state index >= 15 is 0 Å². The Labute approximate surface area is 276 Å². The minimum atomic E-state index is 1.17. The highest BCUT2D eigenvalue weighted by Crippen LogP contribution is 2.41. The van der Waals surface area contributed by atoms with Crippen LogP contribution in [-0.4, -0.2) is 13.5 Å². The number of nitrogens with zero attached hydrogens (tertiary/aromatic N) is 3. The van der Waals surface area contributed by atoms with Crippen LogP contribution in [0.3, 0.4) is 0 Å². The van der Waals surface area contributed by atoms with Crippen molar-refractivity contribution in [2.75, 3.05) is 0 Å². The van der Waals surface area contributed by atoms with Crippen LogP contribution in [0.5, 0.6) is 0 Å². The Balaban J connectivity index is 1.30. The van der Waals surface area contributed by atoms with Gasteiger partial charge in [-0.2, -0.15) is 0 Å². The molecule has 0 aliphatic heterocycles. The summed E-state index contributed by atoms with van der Waals surface area (Å²) < 4.78 is 7.34. The molecule has 0 atom stereocenters. The molecule has 48 heavy (non-hydrogen) atoms. The summed E-state index contributed by atoms with van der Waals surface area (Å²) in [6.07, 6.45) is 0. The van der Waals surface area contributed by atoms with Gasteiger partial charge in [-0.1, -0.05) is 91.0 Å². The molecule has 0 amide bonds. The number of aromatic nitrogens is 3. The molecule has 0 radical (unpaired) electrons. The largest absolute Gasteiger partial charge is 0.309 e. The number of pyridine rings is 1. The third-order valence-electron chi connectivity index (χ3n) is 10.4. The van der Waals surface area contributed by atoms with Gasteiger partial charge in [-0.3, -0.25) is 0 Å². The third kappa shape index (κ3) is 3.37. The van der Waals surface area contributed by atoms with Gasteiger partial charge in [0, 0.05) is 49.1 Å². The van der Waals surface area contributed by atoms with Crippen LogP contribution in [0.2, 0.25) is 0 Å². The molecule has 4 heterocycles. The van der Waals surface area contributed by atoms with Crippen LogP contribution in [0.25, 0.3) is 93.1 Å². The number of hydrogen-bond acceptors (Lipinski definition) is 0. The zero-order valence-electron chi connectivity index (χ0n) is 26.4. The Bertz CT molecular complexity index is 3080. The fourth-order valence-corrected chi connectivity index (χ4v) is 8.39. The highest BCUT2D eigenvalue weighted by atomic mass is 15.0. The van der Waals surface area contributed by atoms with Crippen molar-refractivity contribution in [3.63, 3.8) is 0 Å². The third-order valence-corrected chi connectivity index (χ3v) is 10.4. The van der Waals surface area contributed by atoms with Gasteiger partial charge in [0.05, 0.1) is 38.6 Å². The Kier molecular flexibility index (Phi) is 5.04. The predicted molar refractivity (Wildman–Crippen MR) is 203 cm³/mol. The van der Waals surface area contributed by atoms with Gasteiger partial charge in [0.25, 0.3) is 0 Å². The van der Waals surface area contributed by atoms with E-state index in [1.807, 2.05) is 0 Å². The zero-order valence-corrected chi connectivity index (χ0v) is 26.4. The summed E-state index contributed by atoms with van der Waals surface area (Å²) >= 11 is 0. The monoisotopic (exact) mass is 611 g/mol. The Morgan fingerprint density at radius 1 is 0.312 bits per heavy atom. The van der Waals surface area contributed by atoms with Crippen LogP contribution in [0, 0.1) is 6.92 Å². The van der Waals surface area contributed by atoms with E-state index < -0.39 is 0 Å². The molecule has 0 N–H and O–H groups in total. The second-order valence-corrected chi connectivity index (χ2v) is 13.1. The molecular weight excluding hydrogens is 583 g/mol. The number of rotatable bonds is 2. The lowest BCUT2D eigenvalue weighted by Crippen LogP contribution is -1.96. The van der Waals surface area contributed by atoms with Gasteiger partial charge in [0.2, 0.25) is 0 Å². The quantitative estimate of drug-likeness (QED) is 0.173. The average Bonchev–Trinajstić information content (AvgIpc) is 3.78. The molecule has 224 valence electrons. The number of fused-ring (bicyclic) bond motifs is 14. The van der Waals surface area contributed by atoms with Crippen LogP contribution in [0.15, 0.2) is 158 Å². The standard InChI is InChI=1S/C45H29N3/c1-28-11-10-12-30(23-28)47-42-22-21-31(46-39-18-7-5-16-35(39)36-17-6-8-19-40(36)46)26-38(42)37-24-29-25-44-34-15-3-2-13-32(34)33-14-4-9-20-41(33)48(44)43(29)27-45(37)47/h2-27H,1H3. The van der Waals surface area contributed by atoms with Gasteiger partial charge < -0.3 is 13.5 Å². The van der Waals surface area contributed by atoms with E-state index in [0.29, 0.717) is 0 Å². The van der Waals surface area contributed by atoms with Gasteiger partial charge in [0.15, 0.2) is 0 Å². The molecule has 3 heteroatoms. The summed E-state index contributed by atoms with van der Waals surface area (Å²) in [6.45, 7) is 2.17. The Morgan fingerprint density at radius 2 is 0.854 bits per heavy atom. The smallest absolute Gasteiger partial charge is 0.0562 e. The minimum absolute atomic E-state index is 1.17. The second-order valence-electron chi connectivity index (χ2n) is 13.1. The van der Waals surface area contributed by atoms with Crippen LogP contribution in [-0.2, 0) is 0 Å². The summed E-state index contributed by atoms with van der Waals surface area (Å²) in [5.41, 5.74) is 12.1. The van der Waals surface area contributed by atoms with Crippen molar-refractivity contribution in [1.82, 2.24) is 13.5 Å². The molecule has 0 saturated heterocycles. The van der Waals surface area contributed by atoms with Gasteiger partial charge in [-0.25, -0.2) is 0 Å². The van der Waals surface area contributed by atoms with Gasteiger partial charge in [-0.15, -0.1) is 0 Å². The topological polar surface area (TPSA) is 14.3 Å². The summed E-state index contributed by atoms with van der Waals surface area (Å²) in [7, 11) is 0. The van der Waals surface area contributed by atoms with Gasteiger partial charge in [-0.05, 0) is 84.6 Å². The van der Waals surface area contributed by atoms with E-state index in [-0.39, 0.29) is 0 Å². The first kappa shape index (κ1) is 25.8. The first-order chi connectivity index (χ1) is 23.7. The average molecular weight is 612 g/mol. The number of para-hydroxylation sites is 3. The summed E-state index contributed by atoms with van der Waals surface area (Å²) in [5.74, 6) is 0. The molecule has 4 aromatic heterocycles. The normalized spacial score (nSPS) is 12.3. The molecule has 0 aliphatic rings. The van der Waals surface area contributed by atoms with Crippen molar-refractivity contribution in [2.45, 2.75) is 6.92 Å². The molecule has 0 unspecified atom stereocenters. The lowest BCUT2D eigenvalue weighted by Gasteiger charge is -2.11. The fourth-order valence-electron chi connectivity index (χ4n) is 8.39. The first-order valence-electron chi connectivity index (χ1n) is 16.6. The Hall–Kier alpha value is -6.32. The predicted octanol–water partition coefficient (Wildman–Crippen LogP) is 11.9. The number of benzene rings is 7. The molecule has 0 spiro atoms. The second kappa shape index (κ2) is 9.37. The van der Waals surface area contributed by atoms with Crippen LogP contribution in [0.1, 0.15) is 5.56 Å². The van der Waals surface area contributed by atoms with Crippen molar-refractivity contribution in [3.05, 3.63) is 163 Å². The zero-order chi connectivity index (χ0) is 31.5. The van der Waals surface area contributed by atoms with E-state index in [4.69, 9.17) is 0 Å². The molecule has 11 aromatic rings. The van der Waals surface area contributed by atoms with Crippen LogP contribution < -0.4 is 0 Å². The number of hydrogen-bond donors (Lipinski definition) is 0. The molecule has 0 bridgehead atoms. The van der Waals surface area contributed by atoms with E-state index in [1.165, 1.54) is 98.6 Å². The van der Waals surface area contributed by atoms with Gasteiger partial charge >= 0.3 is 0 Å². The molecule has 0 aliphatic carbocycles. The van der Waals surface area contributed by atoms with E-state index in [2.05, 4.69) is 178 Å². The van der Waals surface area contributed by atoms with E-state index in [9.17, 15) is 0 Å². The maximum atomic E-state index is 2.47. The van der Waals surface area contributed by atoms with Crippen LogP contribution >= 0.6 is 0 Å². The van der Waals surface area contributed by atoms with Crippen LogP contribution in [0.4, 0.5) is 0 Å². The molecule has 0 saturated carbocycles. The summed E-state index contributed by atoms with van der Waals surface area (Å²) in [6, 6.07) is 58.2.